The van der Waals surface area contributed by atoms with Crippen LogP contribution in [0.15, 0.2) is 84.9 Å². The number of carbonyl (C=O) groups is 7. The number of rotatable bonds is 25. The van der Waals surface area contributed by atoms with Crippen molar-refractivity contribution in [2.45, 2.75) is 130 Å². The normalized spacial score (nSPS) is 17.2. The summed E-state index contributed by atoms with van der Waals surface area (Å²) in [5, 5.41) is 23.2. The van der Waals surface area contributed by atoms with Crippen LogP contribution in [0.2, 0.25) is 0 Å². The highest BCUT2D eigenvalue weighted by Crippen LogP contribution is 2.28. The van der Waals surface area contributed by atoms with Gasteiger partial charge in [-0.25, -0.2) is 9.59 Å². The Morgan fingerprint density at radius 2 is 1.00 bits per heavy atom. The van der Waals surface area contributed by atoms with Crippen LogP contribution in [0.5, 0.6) is 0 Å². The molecule has 2 heterocycles. The molecule has 6 atom stereocenters. The van der Waals surface area contributed by atoms with E-state index in [0.717, 1.165) is 31.2 Å². The molecule has 0 bridgehead atoms. The Morgan fingerprint density at radius 1 is 0.571 bits per heavy atom. The van der Waals surface area contributed by atoms with Gasteiger partial charge < -0.3 is 57.2 Å². The largest absolute Gasteiger partial charge is 0.342 e. The molecule has 0 unspecified atom stereocenters. The second-order valence-electron chi connectivity index (χ2n) is 22.7. The van der Waals surface area contributed by atoms with Crippen molar-refractivity contribution >= 4 is 53.0 Å². The van der Waals surface area contributed by atoms with E-state index in [1.54, 1.807) is 62.0 Å². The van der Waals surface area contributed by atoms with Crippen LogP contribution in [0, 0.1) is 10.8 Å². The van der Waals surface area contributed by atoms with E-state index in [0.29, 0.717) is 70.0 Å². The van der Waals surface area contributed by atoms with E-state index in [1.807, 2.05) is 95.0 Å². The molecule has 2 saturated heterocycles. The summed E-state index contributed by atoms with van der Waals surface area (Å²) in [4.78, 5) is 102. The van der Waals surface area contributed by atoms with Crippen LogP contribution in [0.3, 0.4) is 0 Å². The molecule has 77 heavy (non-hydrogen) atoms. The maximum atomic E-state index is 14.2. The molecule has 422 valence electrons. The summed E-state index contributed by atoms with van der Waals surface area (Å²) in [6, 6.07) is 23.0. The highest BCUT2D eigenvalue weighted by molar-refractivity contribution is 5.94. The predicted octanol–water partition coefficient (Wildman–Crippen LogP) is 4.81. The summed E-state index contributed by atoms with van der Waals surface area (Å²) in [6.45, 7) is 18.9. The van der Waals surface area contributed by atoms with Crippen molar-refractivity contribution in [2.75, 3.05) is 83.6 Å². The molecule has 9 amide bonds. The van der Waals surface area contributed by atoms with Gasteiger partial charge >= 0.3 is 12.1 Å². The van der Waals surface area contributed by atoms with Crippen molar-refractivity contribution < 1.29 is 33.6 Å². The van der Waals surface area contributed by atoms with Gasteiger partial charge in [-0.2, -0.15) is 0 Å². The van der Waals surface area contributed by atoms with Gasteiger partial charge in [0, 0.05) is 75.8 Å². The Bertz CT molecular complexity index is 2400. The van der Waals surface area contributed by atoms with E-state index < -0.39 is 47.1 Å². The number of nitrogens with zero attached hydrogens (tertiary/aromatic N) is 4. The van der Waals surface area contributed by atoms with E-state index in [1.165, 1.54) is 5.56 Å². The summed E-state index contributed by atoms with van der Waals surface area (Å²) < 4.78 is 0. The number of hydrogen-bond donors (Lipinski definition) is 8. The van der Waals surface area contributed by atoms with Crippen molar-refractivity contribution in [3.8, 4) is 0 Å². The van der Waals surface area contributed by atoms with Crippen LogP contribution >= 0.6 is 0 Å². The molecule has 2 aliphatic rings. The first kappa shape index (κ1) is 61.3. The number of nitrogens with one attached hydrogen (secondary N) is 8. The molecule has 19 nitrogen and oxygen atoms in total. The summed E-state index contributed by atoms with van der Waals surface area (Å²) >= 11 is 0. The molecule has 0 saturated carbocycles. The summed E-state index contributed by atoms with van der Waals surface area (Å²) in [5.74, 6) is -1.06. The Morgan fingerprint density at radius 3 is 1.44 bits per heavy atom. The lowest BCUT2D eigenvalue weighted by Gasteiger charge is -2.37. The molecule has 8 N–H and O–H groups in total. The van der Waals surface area contributed by atoms with Gasteiger partial charge in [-0.3, -0.25) is 28.9 Å². The van der Waals surface area contributed by atoms with Crippen molar-refractivity contribution in [1.82, 2.24) is 51.5 Å². The van der Waals surface area contributed by atoms with E-state index in [2.05, 4.69) is 59.6 Å². The minimum Gasteiger partial charge on any atom is -0.342 e. The molecule has 0 aliphatic carbocycles. The van der Waals surface area contributed by atoms with Gasteiger partial charge in [0.15, 0.2) is 0 Å². The molecule has 0 aromatic heterocycles. The third kappa shape index (κ3) is 19.1. The Hall–Kier alpha value is -6.57. The number of anilines is 2. The van der Waals surface area contributed by atoms with E-state index >= 15 is 0 Å². The van der Waals surface area contributed by atoms with Crippen LogP contribution < -0.4 is 42.5 Å². The van der Waals surface area contributed by atoms with Crippen molar-refractivity contribution in [3.63, 3.8) is 0 Å². The first-order valence-electron chi connectivity index (χ1n) is 27.4. The van der Waals surface area contributed by atoms with Crippen LogP contribution in [0.4, 0.5) is 21.0 Å². The third-order valence-electron chi connectivity index (χ3n) is 14.6. The zero-order chi connectivity index (χ0) is 56.3. The quantitative estimate of drug-likeness (QED) is 0.0578. The lowest BCUT2D eigenvalue weighted by atomic mass is 9.85. The minimum atomic E-state index is -0.769. The van der Waals surface area contributed by atoms with Gasteiger partial charge in [0.1, 0.15) is 12.1 Å². The molecule has 5 rings (SSSR count). The van der Waals surface area contributed by atoms with Gasteiger partial charge in [-0.1, -0.05) is 102 Å². The maximum absolute atomic E-state index is 14.2. The first-order valence-corrected chi connectivity index (χ1v) is 27.4. The highest BCUT2D eigenvalue weighted by atomic mass is 16.2. The fourth-order valence-electron chi connectivity index (χ4n) is 9.64. The average molecular weight is 1070 g/mol. The van der Waals surface area contributed by atoms with Crippen LogP contribution in [0.1, 0.15) is 92.2 Å². The Balaban J connectivity index is 1.14. The smallest absolute Gasteiger partial charge is 0.319 e. The van der Waals surface area contributed by atoms with Crippen LogP contribution in [0.25, 0.3) is 0 Å². The second kappa shape index (κ2) is 29.2. The second-order valence-corrected chi connectivity index (χ2v) is 22.7. The topological polar surface area (TPSA) is 229 Å². The lowest BCUT2D eigenvalue weighted by molar-refractivity contribution is -0.142. The predicted molar refractivity (Wildman–Crippen MR) is 303 cm³/mol. The van der Waals surface area contributed by atoms with Gasteiger partial charge in [0.05, 0.1) is 18.6 Å². The van der Waals surface area contributed by atoms with Crippen molar-refractivity contribution in [1.29, 1.82) is 0 Å². The van der Waals surface area contributed by atoms with Crippen molar-refractivity contribution in [3.05, 3.63) is 96.1 Å². The molecule has 3 aromatic rings. The van der Waals surface area contributed by atoms with Crippen LogP contribution in [-0.4, -0.2) is 170 Å². The molecule has 2 aliphatic heterocycles. The number of likely N-dealkylation sites (tertiary alicyclic amines) is 2. The minimum absolute atomic E-state index is 0.0563. The summed E-state index contributed by atoms with van der Waals surface area (Å²) in [5.41, 5.74) is 2.12. The molecular weight excluding hydrogens is 977 g/mol. The fourth-order valence-corrected chi connectivity index (χ4v) is 9.64. The van der Waals surface area contributed by atoms with Gasteiger partial charge in [0.2, 0.25) is 29.5 Å². The highest BCUT2D eigenvalue weighted by Gasteiger charge is 2.42. The molecule has 2 fully saturated rings. The number of benzene rings is 3. The van der Waals surface area contributed by atoms with Gasteiger partial charge in [-0.05, 0) is 113 Å². The monoisotopic (exact) mass is 1060 g/mol. The fraction of sp³-hybridized carbons (Fsp3) is 0.569. The summed E-state index contributed by atoms with van der Waals surface area (Å²) in [6.07, 6.45) is 4.52. The average Bonchev–Trinajstić information content (AvgIpc) is 4.09. The van der Waals surface area contributed by atoms with Crippen molar-refractivity contribution in [2.24, 2.45) is 10.8 Å². The molecule has 3 aromatic carbocycles. The zero-order valence-corrected chi connectivity index (χ0v) is 47.3. The SMILES string of the molecule is CN[C@@H](C)C(=O)N[C@H](C(=O)N1CCC[C@H]1CN(CCNC(=O)Nc1ccc(NC(=O)NCC(=O)N(CCc2ccccc2)C[C@@H]2CCCN2C(=O)[C@@H](NC(=O)[C@H](C)NC)C(C)(C)C)cc1)CCc1ccccc1)C(C)(C)C. The number of carbonyl (C=O) groups excluding carboxylic acids is 7. The van der Waals surface area contributed by atoms with Crippen LogP contribution in [-0.2, 0) is 36.8 Å². The molecular formula is C58H88N12O7. The van der Waals surface area contributed by atoms with E-state index in [9.17, 15) is 33.6 Å². The lowest BCUT2D eigenvalue weighted by Crippen LogP contribution is -2.59. The third-order valence-corrected chi connectivity index (χ3v) is 14.6. The standard InChI is InChI=1S/C58H88N12O7/c1-40(59-9)51(72)65-49(57(3,4)5)53(74)69-32-17-23-46(69)38-67(34-29-42-19-13-11-14-20-42)36-31-61-55(76)63-44-25-27-45(28-26-44)64-56(77)62-37-48(71)68(35-30-43-21-15-12-16-22-43)39-47-24-18-33-70(47)54(75)50(58(6,7)8)66-52(73)41(2)60-10/h11-16,19-22,25-28,40-41,46-47,49-50,59-60H,17-18,23-24,29-39H2,1-10H3,(H,65,72)(H,66,73)(H2,61,63,76)(H2,62,64,77)/t40-,41-,46-,47-,49+,50+/m0/s1. The Labute approximate surface area is 457 Å². The molecule has 0 radical (unpaired) electrons. The number of hydrogen-bond acceptors (Lipinski definition) is 10. The molecule has 19 heteroatoms. The zero-order valence-electron chi connectivity index (χ0n) is 47.3. The van der Waals surface area contributed by atoms with Gasteiger partial charge in [-0.15, -0.1) is 0 Å². The molecule has 0 spiro atoms. The Kier molecular flexibility index (Phi) is 23.3. The first-order chi connectivity index (χ1) is 36.6. The number of urea groups is 2. The maximum Gasteiger partial charge on any atom is 0.319 e. The van der Waals surface area contributed by atoms with E-state index in [4.69, 9.17) is 0 Å². The number of amides is 9. The van der Waals surface area contributed by atoms with E-state index in [-0.39, 0.29) is 54.7 Å². The van der Waals surface area contributed by atoms with Gasteiger partial charge in [0.25, 0.3) is 0 Å². The summed E-state index contributed by atoms with van der Waals surface area (Å²) in [7, 11) is 3.41. The number of likely N-dealkylation sites (N-methyl/N-ethyl adjacent to an activating group) is 2.